The van der Waals surface area contributed by atoms with Crippen LogP contribution in [0, 0.1) is 11.7 Å². The SMILES string of the molecule is CC(C)COC(=O)C1(c2ccc(OCc3ccccc3)c(F)c2)CCC(F)(F)CC1. The van der Waals surface area contributed by atoms with Crippen molar-refractivity contribution in [3.8, 4) is 5.75 Å². The quantitative estimate of drug-likeness (QED) is 0.512. The van der Waals surface area contributed by atoms with E-state index >= 15 is 0 Å². The number of benzene rings is 2. The average Bonchev–Trinajstić information content (AvgIpc) is 2.72. The van der Waals surface area contributed by atoms with Gasteiger partial charge >= 0.3 is 5.97 Å². The summed E-state index contributed by atoms with van der Waals surface area (Å²) in [5, 5.41) is 0. The third kappa shape index (κ3) is 5.15. The van der Waals surface area contributed by atoms with Crippen LogP contribution in [0.15, 0.2) is 48.5 Å². The summed E-state index contributed by atoms with van der Waals surface area (Å²) in [7, 11) is 0. The second kappa shape index (κ2) is 9.11. The van der Waals surface area contributed by atoms with E-state index in [1.54, 1.807) is 6.07 Å². The van der Waals surface area contributed by atoms with Gasteiger partial charge in [-0.1, -0.05) is 50.2 Å². The van der Waals surface area contributed by atoms with Crippen molar-refractivity contribution < 1.29 is 27.4 Å². The monoisotopic (exact) mass is 420 g/mol. The fraction of sp³-hybridized carbons (Fsp3) is 0.458. The van der Waals surface area contributed by atoms with Crippen LogP contribution in [0.3, 0.4) is 0 Å². The molecule has 1 aliphatic carbocycles. The molecule has 3 rings (SSSR count). The second-order valence-electron chi connectivity index (χ2n) is 8.35. The van der Waals surface area contributed by atoms with Gasteiger partial charge in [-0.25, -0.2) is 13.2 Å². The maximum absolute atomic E-state index is 14.8. The van der Waals surface area contributed by atoms with Crippen molar-refractivity contribution in [1.82, 2.24) is 0 Å². The lowest BCUT2D eigenvalue weighted by molar-refractivity contribution is -0.157. The summed E-state index contributed by atoms with van der Waals surface area (Å²) in [6, 6.07) is 13.6. The van der Waals surface area contributed by atoms with Gasteiger partial charge in [0, 0.05) is 12.8 Å². The van der Waals surface area contributed by atoms with Gasteiger partial charge in [-0.3, -0.25) is 4.79 Å². The predicted molar refractivity (Wildman–Crippen MR) is 108 cm³/mol. The Bertz CT molecular complexity index is 855. The summed E-state index contributed by atoms with van der Waals surface area (Å²) in [4.78, 5) is 12.9. The first kappa shape index (κ1) is 22.2. The molecule has 1 fully saturated rings. The Morgan fingerprint density at radius 1 is 1.03 bits per heavy atom. The van der Waals surface area contributed by atoms with E-state index in [0.29, 0.717) is 5.56 Å². The molecule has 0 unspecified atom stereocenters. The van der Waals surface area contributed by atoms with E-state index < -0.39 is 36.0 Å². The molecule has 0 N–H and O–H groups in total. The first-order chi connectivity index (χ1) is 14.2. The Balaban J connectivity index is 1.82. The number of carbonyl (C=O) groups is 1. The van der Waals surface area contributed by atoms with Crippen LogP contribution in [0.2, 0.25) is 0 Å². The number of esters is 1. The van der Waals surface area contributed by atoms with Crippen molar-refractivity contribution in [3.05, 3.63) is 65.5 Å². The molecule has 0 aromatic heterocycles. The van der Waals surface area contributed by atoms with Crippen LogP contribution in [0.5, 0.6) is 5.75 Å². The summed E-state index contributed by atoms with van der Waals surface area (Å²) >= 11 is 0. The van der Waals surface area contributed by atoms with Gasteiger partial charge in [-0.05, 0) is 42.0 Å². The molecule has 0 atom stereocenters. The highest BCUT2D eigenvalue weighted by Crippen LogP contribution is 2.47. The molecule has 0 spiro atoms. The molecule has 2 aromatic rings. The van der Waals surface area contributed by atoms with Crippen LogP contribution in [0.4, 0.5) is 13.2 Å². The maximum atomic E-state index is 14.8. The molecular weight excluding hydrogens is 393 g/mol. The Kier molecular flexibility index (Phi) is 6.74. The molecule has 0 saturated heterocycles. The number of ether oxygens (including phenoxy) is 2. The van der Waals surface area contributed by atoms with E-state index in [9.17, 15) is 18.0 Å². The van der Waals surface area contributed by atoms with Gasteiger partial charge in [-0.2, -0.15) is 0 Å². The van der Waals surface area contributed by atoms with Crippen molar-refractivity contribution >= 4 is 5.97 Å². The van der Waals surface area contributed by atoms with Gasteiger partial charge in [-0.15, -0.1) is 0 Å². The first-order valence-electron chi connectivity index (χ1n) is 10.2. The van der Waals surface area contributed by atoms with Crippen molar-refractivity contribution in [2.45, 2.75) is 57.5 Å². The number of halogens is 3. The van der Waals surface area contributed by atoms with E-state index in [0.717, 1.165) is 5.56 Å². The fourth-order valence-electron chi connectivity index (χ4n) is 3.68. The predicted octanol–water partition coefficient (Wildman–Crippen LogP) is 6.05. The van der Waals surface area contributed by atoms with Crippen molar-refractivity contribution in [3.63, 3.8) is 0 Å². The minimum Gasteiger partial charge on any atom is -0.486 e. The van der Waals surface area contributed by atoms with Gasteiger partial charge in [0.15, 0.2) is 11.6 Å². The minimum absolute atomic E-state index is 0.0504. The highest BCUT2D eigenvalue weighted by Gasteiger charge is 2.50. The van der Waals surface area contributed by atoms with Gasteiger partial charge in [0.1, 0.15) is 6.61 Å². The molecule has 162 valence electrons. The summed E-state index contributed by atoms with van der Waals surface area (Å²) in [6.45, 7) is 4.18. The first-order valence-corrected chi connectivity index (χ1v) is 10.2. The number of hydrogen-bond donors (Lipinski definition) is 0. The highest BCUT2D eigenvalue weighted by molar-refractivity contribution is 5.83. The van der Waals surface area contributed by atoms with Gasteiger partial charge in [0.2, 0.25) is 5.92 Å². The zero-order chi connectivity index (χ0) is 21.8. The normalized spacial score (nSPS) is 17.5. The molecule has 0 radical (unpaired) electrons. The summed E-state index contributed by atoms with van der Waals surface area (Å²) in [5.74, 6) is -3.85. The van der Waals surface area contributed by atoms with Crippen LogP contribution in [-0.2, 0) is 21.6 Å². The number of rotatable bonds is 7. The summed E-state index contributed by atoms with van der Waals surface area (Å²) < 4.78 is 53.3. The minimum atomic E-state index is -2.82. The summed E-state index contributed by atoms with van der Waals surface area (Å²) in [5.41, 5.74) is -0.0180. The molecule has 2 aromatic carbocycles. The van der Waals surface area contributed by atoms with E-state index in [1.165, 1.54) is 12.1 Å². The zero-order valence-electron chi connectivity index (χ0n) is 17.3. The molecule has 1 aliphatic rings. The fourth-order valence-corrected chi connectivity index (χ4v) is 3.68. The molecule has 1 saturated carbocycles. The Morgan fingerprint density at radius 2 is 1.70 bits per heavy atom. The molecular formula is C24H27F3O3. The van der Waals surface area contributed by atoms with Crippen molar-refractivity contribution in [1.29, 1.82) is 0 Å². The zero-order valence-corrected chi connectivity index (χ0v) is 17.3. The van der Waals surface area contributed by atoms with Crippen LogP contribution in [0.1, 0.15) is 50.7 Å². The lowest BCUT2D eigenvalue weighted by atomic mass is 9.68. The maximum Gasteiger partial charge on any atom is 0.316 e. The van der Waals surface area contributed by atoms with E-state index in [4.69, 9.17) is 9.47 Å². The van der Waals surface area contributed by atoms with Gasteiger partial charge in [0.05, 0.1) is 12.0 Å². The smallest absolute Gasteiger partial charge is 0.316 e. The largest absolute Gasteiger partial charge is 0.486 e. The molecule has 0 aliphatic heterocycles. The highest BCUT2D eigenvalue weighted by atomic mass is 19.3. The molecule has 6 heteroatoms. The summed E-state index contributed by atoms with van der Waals surface area (Å²) in [6.07, 6.45) is -1.03. The molecule has 30 heavy (non-hydrogen) atoms. The van der Waals surface area contributed by atoms with Gasteiger partial charge in [0.25, 0.3) is 0 Å². The Labute approximate surface area is 175 Å². The standard InChI is InChI=1S/C24H27F3O3/c1-17(2)15-30-22(28)23(10-12-24(26,27)13-11-23)19-8-9-21(20(25)14-19)29-16-18-6-4-3-5-7-18/h3-9,14,17H,10-13,15-16H2,1-2H3. The van der Waals surface area contributed by atoms with E-state index in [2.05, 4.69) is 0 Å². The van der Waals surface area contributed by atoms with Crippen molar-refractivity contribution in [2.24, 2.45) is 5.92 Å². The van der Waals surface area contributed by atoms with Crippen molar-refractivity contribution in [2.75, 3.05) is 6.61 Å². The lowest BCUT2D eigenvalue weighted by Gasteiger charge is -2.38. The topological polar surface area (TPSA) is 35.5 Å². The number of carbonyl (C=O) groups excluding carboxylic acids is 1. The lowest BCUT2D eigenvalue weighted by Crippen LogP contribution is -2.44. The average molecular weight is 420 g/mol. The van der Waals surface area contributed by atoms with Crippen LogP contribution < -0.4 is 4.74 Å². The molecule has 0 heterocycles. The van der Waals surface area contributed by atoms with E-state index in [-0.39, 0.29) is 37.7 Å². The molecule has 0 amide bonds. The molecule has 3 nitrogen and oxygen atoms in total. The number of alkyl halides is 2. The third-order valence-electron chi connectivity index (χ3n) is 5.50. The second-order valence-corrected chi connectivity index (χ2v) is 8.35. The third-order valence-corrected chi connectivity index (χ3v) is 5.50. The van der Waals surface area contributed by atoms with Crippen LogP contribution >= 0.6 is 0 Å². The Morgan fingerprint density at radius 3 is 2.30 bits per heavy atom. The molecule has 0 bridgehead atoms. The van der Waals surface area contributed by atoms with Crippen LogP contribution in [0.25, 0.3) is 0 Å². The van der Waals surface area contributed by atoms with Gasteiger partial charge < -0.3 is 9.47 Å². The Hall–Kier alpha value is -2.50. The number of hydrogen-bond acceptors (Lipinski definition) is 3. The van der Waals surface area contributed by atoms with Crippen LogP contribution in [-0.4, -0.2) is 18.5 Å². The van der Waals surface area contributed by atoms with E-state index in [1.807, 2.05) is 44.2 Å².